The third kappa shape index (κ3) is 5.60. The van der Waals surface area contributed by atoms with Crippen LogP contribution >= 0.6 is 0 Å². The van der Waals surface area contributed by atoms with Gasteiger partial charge in [-0.2, -0.15) is 0 Å². The molecule has 3 heteroatoms. The van der Waals surface area contributed by atoms with Crippen molar-refractivity contribution in [2.45, 2.75) is 32.3 Å². The molecule has 0 saturated heterocycles. The fourth-order valence-corrected chi connectivity index (χ4v) is 2.28. The molecule has 0 heterocycles. The van der Waals surface area contributed by atoms with Crippen molar-refractivity contribution in [3.63, 3.8) is 0 Å². The van der Waals surface area contributed by atoms with Crippen LogP contribution in [0.2, 0.25) is 0 Å². The van der Waals surface area contributed by atoms with Gasteiger partial charge in [0.1, 0.15) is 6.10 Å². The van der Waals surface area contributed by atoms with E-state index in [0.29, 0.717) is 6.54 Å². The Morgan fingerprint density at radius 2 is 1.64 bits per heavy atom. The highest BCUT2D eigenvalue weighted by atomic mass is 16.6. The lowest BCUT2D eigenvalue weighted by atomic mass is 10.1. The van der Waals surface area contributed by atoms with Gasteiger partial charge in [0.05, 0.1) is 0 Å². The number of unbranched alkanes of at least 4 members (excludes halogenated alkanes) is 1. The summed E-state index contributed by atoms with van der Waals surface area (Å²) < 4.78 is 5.35. The quantitative estimate of drug-likeness (QED) is 0.764. The number of alkyl carbamates (subject to hydrolysis) is 1. The van der Waals surface area contributed by atoms with E-state index in [9.17, 15) is 4.79 Å². The first-order valence-corrected chi connectivity index (χ1v) is 7.79. The van der Waals surface area contributed by atoms with Gasteiger partial charge in [0.25, 0.3) is 0 Å². The van der Waals surface area contributed by atoms with E-state index in [1.165, 1.54) is 5.56 Å². The van der Waals surface area contributed by atoms with E-state index in [0.717, 1.165) is 24.8 Å². The number of carbonyl (C=O) groups excluding carboxylic acids is 1. The first-order valence-electron chi connectivity index (χ1n) is 7.79. The fourth-order valence-electron chi connectivity index (χ4n) is 2.28. The van der Waals surface area contributed by atoms with Crippen LogP contribution in [0.15, 0.2) is 60.7 Å². The summed E-state index contributed by atoms with van der Waals surface area (Å²) in [5.74, 6) is 0. The number of aryl methyl sites for hydroxylation is 1. The minimum Gasteiger partial charge on any atom is -0.442 e. The molecule has 0 radical (unpaired) electrons. The second kappa shape index (κ2) is 8.88. The molecule has 0 fully saturated rings. The topological polar surface area (TPSA) is 38.3 Å². The zero-order chi connectivity index (χ0) is 15.6. The van der Waals surface area contributed by atoms with Crippen LogP contribution in [0, 0.1) is 0 Å². The third-order valence-electron chi connectivity index (χ3n) is 3.56. The van der Waals surface area contributed by atoms with Crippen molar-refractivity contribution in [1.29, 1.82) is 0 Å². The third-order valence-corrected chi connectivity index (χ3v) is 3.56. The molecule has 3 nitrogen and oxygen atoms in total. The van der Waals surface area contributed by atoms with E-state index >= 15 is 0 Å². The zero-order valence-electron chi connectivity index (χ0n) is 13.0. The Hall–Kier alpha value is -2.29. The van der Waals surface area contributed by atoms with E-state index in [1.54, 1.807) is 0 Å². The Morgan fingerprint density at radius 3 is 2.32 bits per heavy atom. The summed E-state index contributed by atoms with van der Waals surface area (Å²) in [7, 11) is 0. The predicted octanol–water partition coefficient (Wildman–Crippen LogP) is 4.50. The van der Waals surface area contributed by atoms with Crippen molar-refractivity contribution >= 4 is 6.09 Å². The van der Waals surface area contributed by atoms with Crippen LogP contribution in [0.25, 0.3) is 0 Å². The minimum absolute atomic E-state index is 0.231. The van der Waals surface area contributed by atoms with E-state index in [1.807, 2.05) is 43.3 Å². The van der Waals surface area contributed by atoms with E-state index in [-0.39, 0.29) is 12.2 Å². The maximum absolute atomic E-state index is 11.7. The largest absolute Gasteiger partial charge is 0.442 e. The lowest BCUT2D eigenvalue weighted by Gasteiger charge is -2.14. The summed E-state index contributed by atoms with van der Waals surface area (Å²) >= 11 is 0. The lowest BCUT2D eigenvalue weighted by Crippen LogP contribution is -2.26. The number of benzene rings is 2. The van der Waals surface area contributed by atoms with Crippen molar-refractivity contribution in [3.05, 3.63) is 71.8 Å². The zero-order valence-corrected chi connectivity index (χ0v) is 13.0. The summed E-state index contributed by atoms with van der Waals surface area (Å²) in [5.41, 5.74) is 2.34. The number of ether oxygens (including phenoxy) is 1. The summed E-state index contributed by atoms with van der Waals surface area (Å²) in [6.45, 7) is 2.53. The SMILES string of the molecule is CC(OC(=O)NCCCCc1ccccc1)c1ccccc1. The van der Waals surface area contributed by atoms with Crippen molar-refractivity contribution in [3.8, 4) is 0 Å². The molecule has 0 aromatic heterocycles. The minimum atomic E-state index is -0.351. The maximum Gasteiger partial charge on any atom is 0.407 e. The molecule has 2 rings (SSSR count). The Balaban J connectivity index is 1.60. The highest BCUT2D eigenvalue weighted by molar-refractivity contribution is 5.67. The van der Waals surface area contributed by atoms with Gasteiger partial charge in [0, 0.05) is 6.54 Å². The van der Waals surface area contributed by atoms with Crippen LogP contribution in [0.1, 0.15) is 37.0 Å². The van der Waals surface area contributed by atoms with E-state index in [4.69, 9.17) is 4.74 Å². The molecule has 116 valence electrons. The van der Waals surface area contributed by atoms with Crippen molar-refractivity contribution in [2.24, 2.45) is 0 Å². The molecule has 0 bridgehead atoms. The molecular formula is C19H23NO2. The van der Waals surface area contributed by atoms with E-state index in [2.05, 4.69) is 29.6 Å². The summed E-state index contributed by atoms with van der Waals surface area (Å²) in [6, 6.07) is 20.1. The molecule has 0 spiro atoms. The number of rotatable bonds is 7. The number of nitrogens with one attached hydrogen (secondary N) is 1. The highest BCUT2D eigenvalue weighted by Gasteiger charge is 2.10. The van der Waals surface area contributed by atoms with Gasteiger partial charge in [-0.25, -0.2) is 4.79 Å². The molecule has 0 aliphatic heterocycles. The number of amides is 1. The number of hydrogen-bond acceptors (Lipinski definition) is 2. The molecule has 1 amide bonds. The van der Waals surface area contributed by atoms with Crippen LogP contribution in [0.3, 0.4) is 0 Å². The normalized spacial score (nSPS) is 11.7. The van der Waals surface area contributed by atoms with Crippen LogP contribution in [-0.2, 0) is 11.2 Å². The standard InChI is InChI=1S/C19H23NO2/c1-16(18-13-6-3-7-14-18)22-19(21)20-15-9-8-12-17-10-4-2-5-11-17/h2-7,10-11,13-14,16H,8-9,12,15H2,1H3,(H,20,21). The summed E-state index contributed by atoms with van der Waals surface area (Å²) in [4.78, 5) is 11.7. The molecule has 0 aliphatic rings. The van der Waals surface area contributed by atoms with Gasteiger partial charge in [0.15, 0.2) is 0 Å². The van der Waals surface area contributed by atoms with Crippen molar-refractivity contribution in [2.75, 3.05) is 6.54 Å². The molecule has 1 atom stereocenters. The molecule has 2 aromatic carbocycles. The summed E-state index contributed by atoms with van der Waals surface area (Å²) in [6.07, 6.45) is 2.46. The van der Waals surface area contributed by atoms with Gasteiger partial charge in [-0.1, -0.05) is 60.7 Å². The molecule has 1 unspecified atom stereocenters. The van der Waals surface area contributed by atoms with Crippen LogP contribution < -0.4 is 5.32 Å². The Bertz CT molecular complexity index is 554. The smallest absolute Gasteiger partial charge is 0.407 e. The second-order valence-corrected chi connectivity index (χ2v) is 5.33. The molecule has 0 aliphatic carbocycles. The van der Waals surface area contributed by atoms with E-state index < -0.39 is 0 Å². The predicted molar refractivity (Wildman–Crippen MR) is 88.7 cm³/mol. The molecule has 1 N–H and O–H groups in total. The number of carbonyl (C=O) groups is 1. The van der Waals surface area contributed by atoms with Gasteiger partial charge in [-0.15, -0.1) is 0 Å². The van der Waals surface area contributed by atoms with Crippen LogP contribution in [0.4, 0.5) is 4.79 Å². The van der Waals surface area contributed by atoms with Crippen molar-refractivity contribution in [1.82, 2.24) is 5.32 Å². The average molecular weight is 297 g/mol. The van der Waals surface area contributed by atoms with Crippen LogP contribution in [-0.4, -0.2) is 12.6 Å². The monoisotopic (exact) mass is 297 g/mol. The van der Waals surface area contributed by atoms with Gasteiger partial charge in [0.2, 0.25) is 0 Å². The molecular weight excluding hydrogens is 274 g/mol. The van der Waals surface area contributed by atoms with Gasteiger partial charge in [-0.3, -0.25) is 0 Å². The van der Waals surface area contributed by atoms with Gasteiger partial charge < -0.3 is 10.1 Å². The molecule has 22 heavy (non-hydrogen) atoms. The Labute approximate surface area is 132 Å². The van der Waals surface area contributed by atoms with Crippen LogP contribution in [0.5, 0.6) is 0 Å². The summed E-state index contributed by atoms with van der Waals surface area (Å²) in [5, 5.41) is 2.81. The second-order valence-electron chi connectivity index (χ2n) is 5.33. The van der Waals surface area contributed by atoms with Gasteiger partial charge in [-0.05, 0) is 37.3 Å². The first kappa shape index (κ1) is 16.1. The maximum atomic E-state index is 11.7. The average Bonchev–Trinajstić information content (AvgIpc) is 2.56. The molecule has 2 aromatic rings. The number of hydrogen-bond donors (Lipinski definition) is 1. The van der Waals surface area contributed by atoms with Crippen molar-refractivity contribution < 1.29 is 9.53 Å². The highest BCUT2D eigenvalue weighted by Crippen LogP contribution is 2.15. The Morgan fingerprint density at radius 1 is 1.00 bits per heavy atom. The molecule has 0 saturated carbocycles. The Kier molecular flexibility index (Phi) is 6.49. The van der Waals surface area contributed by atoms with Gasteiger partial charge >= 0.3 is 6.09 Å². The first-order chi connectivity index (χ1) is 10.8. The lowest BCUT2D eigenvalue weighted by molar-refractivity contribution is 0.107. The fraction of sp³-hybridized carbons (Fsp3) is 0.316.